The Labute approximate surface area is 117 Å². The van der Waals surface area contributed by atoms with Crippen LogP contribution in [0, 0.1) is 5.41 Å². The molecule has 0 unspecified atom stereocenters. The van der Waals surface area contributed by atoms with Crippen molar-refractivity contribution in [1.29, 1.82) is 0 Å². The Bertz CT molecular complexity index is 243. The summed E-state index contributed by atoms with van der Waals surface area (Å²) in [4.78, 5) is 0. The van der Waals surface area contributed by atoms with Gasteiger partial charge in [0.2, 0.25) is 0 Å². The lowest BCUT2D eigenvalue weighted by Crippen LogP contribution is -2.32. The van der Waals surface area contributed by atoms with Gasteiger partial charge in [0, 0.05) is 18.6 Å². The molecule has 0 heterocycles. The number of unbranched alkanes of at least 4 members (excludes halogenated alkanes) is 1. The molecule has 0 aromatic rings. The number of amidine groups is 1. The fraction of sp³-hybridized carbons (Fsp3) is 0.929. The summed E-state index contributed by atoms with van der Waals surface area (Å²) in [6.45, 7) is 9.85. The Morgan fingerprint density at radius 3 is 2.53 bits per heavy atom. The highest BCUT2D eigenvalue weighted by atomic mass is 16.5. The molecule has 0 amide bonds. The summed E-state index contributed by atoms with van der Waals surface area (Å²) in [5, 5.41) is 15.2. The van der Waals surface area contributed by atoms with Gasteiger partial charge in [-0.15, -0.1) is 0 Å². The van der Waals surface area contributed by atoms with Gasteiger partial charge in [0.25, 0.3) is 0 Å². The van der Waals surface area contributed by atoms with Gasteiger partial charge < -0.3 is 21.0 Å². The average Bonchev–Trinajstić information content (AvgIpc) is 2.39. The number of nitrogens with zero attached hydrogens (tertiary/aromatic N) is 1. The number of ether oxygens (including phenoxy) is 1. The second kappa shape index (κ2) is 11.1. The molecule has 5 heteroatoms. The second-order valence-electron chi connectivity index (χ2n) is 5.54. The van der Waals surface area contributed by atoms with Gasteiger partial charge in [-0.25, -0.2) is 0 Å². The van der Waals surface area contributed by atoms with Crippen LogP contribution in [0.4, 0.5) is 0 Å². The van der Waals surface area contributed by atoms with Crippen molar-refractivity contribution in [2.24, 2.45) is 16.3 Å². The van der Waals surface area contributed by atoms with Gasteiger partial charge in [-0.1, -0.05) is 32.3 Å². The Balaban J connectivity index is 3.36. The summed E-state index contributed by atoms with van der Waals surface area (Å²) in [6, 6.07) is 0. The van der Waals surface area contributed by atoms with Crippen LogP contribution in [0.1, 0.15) is 52.9 Å². The molecular weight excluding hydrogens is 242 g/mol. The van der Waals surface area contributed by atoms with Crippen LogP contribution in [-0.2, 0) is 4.74 Å². The molecule has 4 N–H and O–H groups in total. The maximum Gasteiger partial charge on any atom is 0.144 e. The fourth-order valence-electron chi connectivity index (χ4n) is 1.75. The maximum absolute atomic E-state index is 8.67. The van der Waals surface area contributed by atoms with Crippen LogP contribution in [0.5, 0.6) is 0 Å². The van der Waals surface area contributed by atoms with Crippen LogP contribution < -0.4 is 11.1 Å². The lowest BCUT2D eigenvalue weighted by molar-refractivity contribution is 0.132. The van der Waals surface area contributed by atoms with E-state index < -0.39 is 0 Å². The largest absolute Gasteiger partial charge is 0.409 e. The van der Waals surface area contributed by atoms with Gasteiger partial charge >= 0.3 is 0 Å². The minimum atomic E-state index is -0.220. The van der Waals surface area contributed by atoms with Crippen molar-refractivity contribution >= 4 is 5.84 Å². The van der Waals surface area contributed by atoms with Gasteiger partial charge in [0.05, 0.1) is 0 Å². The van der Waals surface area contributed by atoms with E-state index in [4.69, 9.17) is 15.7 Å². The summed E-state index contributed by atoms with van der Waals surface area (Å²) in [6.07, 6.45) is 5.27. The molecule has 0 aromatic carbocycles. The first-order chi connectivity index (χ1) is 9.04. The fourth-order valence-corrected chi connectivity index (χ4v) is 1.75. The lowest BCUT2D eigenvalue weighted by atomic mass is 9.86. The van der Waals surface area contributed by atoms with E-state index in [1.54, 1.807) is 0 Å². The maximum atomic E-state index is 8.67. The van der Waals surface area contributed by atoms with E-state index in [2.05, 4.69) is 17.4 Å². The number of rotatable bonds is 12. The van der Waals surface area contributed by atoms with E-state index in [1.807, 2.05) is 13.8 Å². The first-order valence-corrected chi connectivity index (χ1v) is 7.31. The highest BCUT2D eigenvalue weighted by Crippen LogP contribution is 2.22. The standard InChI is InChI=1S/C14H31N3O2/c1-4-11-19-12-7-10-16-9-6-5-8-14(2,3)13(15)17-18/h16,18H,4-12H2,1-3H3,(H2,15,17). The van der Waals surface area contributed by atoms with Crippen LogP contribution in [0.3, 0.4) is 0 Å². The number of oxime groups is 1. The van der Waals surface area contributed by atoms with E-state index in [1.165, 1.54) is 0 Å². The molecule has 0 radical (unpaired) electrons. The summed E-state index contributed by atoms with van der Waals surface area (Å²) < 4.78 is 5.40. The van der Waals surface area contributed by atoms with Crippen LogP contribution in [0.15, 0.2) is 5.16 Å². The molecular formula is C14H31N3O2. The third-order valence-corrected chi connectivity index (χ3v) is 3.20. The molecule has 0 bridgehead atoms. The quantitative estimate of drug-likeness (QED) is 0.168. The number of nitrogens with two attached hydrogens (primary N) is 1. The van der Waals surface area contributed by atoms with Crippen molar-refractivity contribution in [1.82, 2.24) is 5.32 Å². The Morgan fingerprint density at radius 1 is 1.21 bits per heavy atom. The topological polar surface area (TPSA) is 79.9 Å². The molecule has 0 saturated carbocycles. The van der Waals surface area contributed by atoms with Crippen LogP contribution >= 0.6 is 0 Å². The van der Waals surface area contributed by atoms with E-state index in [0.29, 0.717) is 5.84 Å². The molecule has 0 fully saturated rings. The molecule has 0 saturated heterocycles. The number of hydrogen-bond acceptors (Lipinski definition) is 4. The van der Waals surface area contributed by atoms with Crippen molar-refractivity contribution in [3.05, 3.63) is 0 Å². The second-order valence-corrected chi connectivity index (χ2v) is 5.54. The van der Waals surface area contributed by atoms with Crippen molar-refractivity contribution in [3.63, 3.8) is 0 Å². The zero-order valence-electron chi connectivity index (χ0n) is 12.7. The summed E-state index contributed by atoms with van der Waals surface area (Å²) >= 11 is 0. The van der Waals surface area contributed by atoms with Gasteiger partial charge in [-0.3, -0.25) is 0 Å². The molecule has 114 valence electrons. The third kappa shape index (κ3) is 9.73. The molecule has 0 aliphatic rings. The minimum absolute atomic E-state index is 0.220. The molecule has 19 heavy (non-hydrogen) atoms. The van der Waals surface area contributed by atoms with Gasteiger partial charge in [-0.2, -0.15) is 0 Å². The van der Waals surface area contributed by atoms with Crippen LogP contribution in [-0.4, -0.2) is 37.3 Å². The summed E-state index contributed by atoms with van der Waals surface area (Å²) in [5.74, 6) is 0.313. The first-order valence-electron chi connectivity index (χ1n) is 7.31. The van der Waals surface area contributed by atoms with Crippen molar-refractivity contribution in [2.75, 3.05) is 26.3 Å². The Morgan fingerprint density at radius 2 is 1.89 bits per heavy atom. The number of hydrogen-bond donors (Lipinski definition) is 3. The van der Waals surface area contributed by atoms with E-state index in [-0.39, 0.29) is 5.41 Å². The molecule has 0 aliphatic heterocycles. The normalized spacial score (nSPS) is 12.9. The van der Waals surface area contributed by atoms with Gasteiger partial charge in [-0.05, 0) is 38.8 Å². The van der Waals surface area contributed by atoms with Crippen molar-refractivity contribution in [3.8, 4) is 0 Å². The average molecular weight is 273 g/mol. The minimum Gasteiger partial charge on any atom is -0.409 e. The molecule has 5 nitrogen and oxygen atoms in total. The summed E-state index contributed by atoms with van der Waals surface area (Å²) in [5.41, 5.74) is 5.42. The SMILES string of the molecule is CCCOCCCNCCCCC(C)(C)C(N)=NO. The van der Waals surface area contributed by atoms with Gasteiger partial charge in [0.15, 0.2) is 0 Å². The molecule has 0 aromatic heterocycles. The van der Waals surface area contributed by atoms with E-state index in [0.717, 1.165) is 58.4 Å². The molecule has 0 rings (SSSR count). The van der Waals surface area contributed by atoms with Crippen molar-refractivity contribution < 1.29 is 9.94 Å². The monoisotopic (exact) mass is 273 g/mol. The summed E-state index contributed by atoms with van der Waals surface area (Å²) in [7, 11) is 0. The molecule has 0 spiro atoms. The first kappa shape index (κ1) is 18.2. The Kier molecular flexibility index (Phi) is 10.6. The van der Waals surface area contributed by atoms with E-state index in [9.17, 15) is 0 Å². The van der Waals surface area contributed by atoms with Gasteiger partial charge in [0.1, 0.15) is 5.84 Å². The highest BCUT2D eigenvalue weighted by Gasteiger charge is 2.22. The lowest BCUT2D eigenvalue weighted by Gasteiger charge is -2.22. The smallest absolute Gasteiger partial charge is 0.144 e. The Hall–Kier alpha value is -0.810. The number of nitrogens with one attached hydrogen (secondary N) is 1. The third-order valence-electron chi connectivity index (χ3n) is 3.20. The van der Waals surface area contributed by atoms with E-state index >= 15 is 0 Å². The van der Waals surface area contributed by atoms with Crippen LogP contribution in [0.2, 0.25) is 0 Å². The molecule has 0 atom stereocenters. The molecule has 0 aliphatic carbocycles. The highest BCUT2D eigenvalue weighted by molar-refractivity contribution is 5.85. The van der Waals surface area contributed by atoms with Crippen LogP contribution in [0.25, 0.3) is 0 Å². The van der Waals surface area contributed by atoms with Crippen molar-refractivity contribution in [2.45, 2.75) is 52.9 Å². The predicted molar refractivity (Wildman–Crippen MR) is 79.6 cm³/mol. The zero-order chi connectivity index (χ0) is 14.6. The predicted octanol–water partition coefficient (Wildman–Crippen LogP) is 2.34. The zero-order valence-corrected chi connectivity index (χ0v) is 12.7.